The van der Waals surface area contributed by atoms with Gasteiger partial charge in [0.25, 0.3) is 11.5 Å². The maximum Gasteiger partial charge on any atom is 0.325 e. The SMILES string of the molecule is CCN(Cc1nc2ccccc2c(=O)[nH]1)C(=O)CN1C(=O)N[C@]2(CCOc3ccccc32)C1=O. The molecule has 10 heteroatoms. The number of amides is 4. The highest BCUT2D eigenvalue weighted by Gasteiger charge is 2.55. The van der Waals surface area contributed by atoms with Crippen molar-refractivity contribution in [2.75, 3.05) is 19.7 Å². The molecule has 0 saturated carbocycles. The standard InChI is InChI=1S/C24H23N5O5/c1-2-28(13-19-25-17-9-5-3-7-15(17)21(31)26-19)20(30)14-29-22(32)24(27-23(29)33)11-12-34-18-10-6-4-8-16(18)24/h3-10H,2,11-14H2,1H3,(H,27,33)(H,25,26,31)/t24-/m0/s1. The maximum atomic E-state index is 13.4. The zero-order chi connectivity index (χ0) is 23.9. The van der Waals surface area contributed by atoms with Gasteiger partial charge < -0.3 is 19.9 Å². The highest BCUT2D eigenvalue weighted by molar-refractivity contribution is 6.09. The number of imide groups is 1. The van der Waals surface area contributed by atoms with E-state index in [1.54, 1.807) is 55.5 Å². The normalized spacial score (nSPS) is 19.1. The third-order valence-electron chi connectivity index (χ3n) is 6.29. The van der Waals surface area contributed by atoms with Gasteiger partial charge in [0.05, 0.1) is 24.1 Å². The van der Waals surface area contributed by atoms with Crippen LogP contribution in [0, 0.1) is 0 Å². The first-order valence-electron chi connectivity index (χ1n) is 11.0. The molecule has 5 rings (SSSR count). The fraction of sp³-hybridized carbons (Fsp3) is 0.292. The van der Waals surface area contributed by atoms with Crippen LogP contribution < -0.4 is 15.6 Å². The molecule has 3 aromatic rings. The van der Waals surface area contributed by atoms with E-state index in [0.29, 0.717) is 34.6 Å². The number of hydrogen-bond donors (Lipinski definition) is 2. The minimum absolute atomic E-state index is 0.0425. The molecule has 1 aromatic heterocycles. The van der Waals surface area contributed by atoms with Gasteiger partial charge in [-0.1, -0.05) is 30.3 Å². The number of urea groups is 1. The second kappa shape index (κ2) is 8.29. The van der Waals surface area contributed by atoms with Crippen molar-refractivity contribution < 1.29 is 19.1 Å². The number of para-hydroxylation sites is 2. The molecular formula is C24H23N5O5. The Kier molecular flexibility index (Phi) is 5.27. The van der Waals surface area contributed by atoms with Crippen LogP contribution in [0.3, 0.4) is 0 Å². The van der Waals surface area contributed by atoms with Crippen LogP contribution in [0.15, 0.2) is 53.3 Å². The van der Waals surface area contributed by atoms with E-state index in [1.807, 2.05) is 0 Å². The van der Waals surface area contributed by atoms with E-state index >= 15 is 0 Å². The quantitative estimate of drug-likeness (QED) is 0.555. The number of carbonyl (C=O) groups excluding carboxylic acids is 3. The number of rotatable bonds is 5. The number of fused-ring (bicyclic) bond motifs is 3. The number of carbonyl (C=O) groups is 3. The molecule has 2 aromatic carbocycles. The fourth-order valence-electron chi connectivity index (χ4n) is 4.52. The van der Waals surface area contributed by atoms with Gasteiger partial charge in [-0.3, -0.25) is 19.3 Å². The molecule has 0 bridgehead atoms. The number of hydrogen-bond acceptors (Lipinski definition) is 6. The van der Waals surface area contributed by atoms with Gasteiger partial charge in [0.1, 0.15) is 18.1 Å². The first kappa shape index (κ1) is 21.6. The van der Waals surface area contributed by atoms with Crippen LogP contribution in [0.25, 0.3) is 10.9 Å². The third kappa shape index (κ3) is 3.47. The minimum Gasteiger partial charge on any atom is -0.493 e. The predicted octanol–water partition coefficient (Wildman–Crippen LogP) is 1.50. The lowest BCUT2D eigenvalue weighted by Gasteiger charge is -2.33. The Morgan fingerprint density at radius 1 is 1.15 bits per heavy atom. The van der Waals surface area contributed by atoms with Crippen molar-refractivity contribution in [3.63, 3.8) is 0 Å². The number of benzene rings is 2. The number of aromatic nitrogens is 2. The van der Waals surface area contributed by atoms with Crippen LogP contribution in [-0.2, 0) is 21.7 Å². The molecule has 174 valence electrons. The molecule has 2 aliphatic rings. The van der Waals surface area contributed by atoms with Crippen molar-refractivity contribution in [3.05, 3.63) is 70.3 Å². The van der Waals surface area contributed by atoms with Gasteiger partial charge in [-0.05, 0) is 25.1 Å². The summed E-state index contributed by atoms with van der Waals surface area (Å²) in [6.07, 6.45) is 0.277. The van der Waals surface area contributed by atoms with Crippen LogP contribution in [0.2, 0.25) is 0 Å². The number of ether oxygens (including phenoxy) is 1. The Bertz CT molecular complexity index is 1370. The van der Waals surface area contributed by atoms with Crippen LogP contribution in [0.5, 0.6) is 5.75 Å². The lowest BCUT2D eigenvalue weighted by Crippen LogP contribution is -2.48. The Morgan fingerprint density at radius 2 is 1.91 bits per heavy atom. The number of nitrogens with one attached hydrogen (secondary N) is 2. The van der Waals surface area contributed by atoms with Gasteiger partial charge in [-0.15, -0.1) is 0 Å². The first-order valence-corrected chi connectivity index (χ1v) is 11.0. The summed E-state index contributed by atoms with van der Waals surface area (Å²) >= 11 is 0. The summed E-state index contributed by atoms with van der Waals surface area (Å²) in [5.41, 5.74) is -0.425. The van der Waals surface area contributed by atoms with Gasteiger partial charge in [0.15, 0.2) is 5.54 Å². The second-order valence-electron chi connectivity index (χ2n) is 8.26. The van der Waals surface area contributed by atoms with Crippen LogP contribution >= 0.6 is 0 Å². The van der Waals surface area contributed by atoms with Gasteiger partial charge in [-0.2, -0.15) is 0 Å². The van der Waals surface area contributed by atoms with Gasteiger partial charge >= 0.3 is 6.03 Å². The average Bonchev–Trinajstić information content (AvgIpc) is 3.07. The summed E-state index contributed by atoms with van der Waals surface area (Å²) in [4.78, 5) is 61.2. The molecule has 1 fully saturated rings. The van der Waals surface area contributed by atoms with E-state index in [-0.39, 0.29) is 25.1 Å². The Labute approximate surface area is 194 Å². The van der Waals surface area contributed by atoms with Crippen molar-refractivity contribution in [1.29, 1.82) is 0 Å². The molecule has 34 heavy (non-hydrogen) atoms. The van der Waals surface area contributed by atoms with E-state index in [0.717, 1.165) is 4.90 Å². The van der Waals surface area contributed by atoms with Gasteiger partial charge in [-0.25, -0.2) is 9.78 Å². The lowest BCUT2D eigenvalue weighted by molar-refractivity contribution is -0.140. The van der Waals surface area contributed by atoms with Crippen molar-refractivity contribution in [1.82, 2.24) is 25.1 Å². The predicted molar refractivity (Wildman–Crippen MR) is 122 cm³/mol. The Hall–Kier alpha value is -4.21. The molecule has 0 unspecified atom stereocenters. The largest absolute Gasteiger partial charge is 0.493 e. The Balaban J connectivity index is 1.36. The Morgan fingerprint density at radius 3 is 2.74 bits per heavy atom. The molecule has 2 N–H and O–H groups in total. The monoisotopic (exact) mass is 461 g/mol. The highest BCUT2D eigenvalue weighted by atomic mass is 16.5. The summed E-state index contributed by atoms with van der Waals surface area (Å²) in [6.45, 7) is 1.98. The van der Waals surface area contributed by atoms with E-state index < -0.39 is 29.9 Å². The summed E-state index contributed by atoms with van der Waals surface area (Å²) in [7, 11) is 0. The van der Waals surface area contributed by atoms with E-state index in [4.69, 9.17) is 4.74 Å². The first-order chi connectivity index (χ1) is 16.4. The molecule has 2 aliphatic heterocycles. The molecule has 0 radical (unpaired) electrons. The molecule has 10 nitrogen and oxygen atoms in total. The fourth-order valence-corrected chi connectivity index (χ4v) is 4.52. The molecule has 1 saturated heterocycles. The molecular weight excluding hydrogens is 438 g/mol. The molecule has 1 atom stereocenters. The second-order valence-corrected chi connectivity index (χ2v) is 8.26. The van der Waals surface area contributed by atoms with Gasteiger partial charge in [0, 0.05) is 18.5 Å². The topological polar surface area (TPSA) is 125 Å². The van der Waals surface area contributed by atoms with Crippen LogP contribution in [-0.4, -0.2) is 57.3 Å². The van der Waals surface area contributed by atoms with Crippen molar-refractivity contribution in [2.24, 2.45) is 0 Å². The number of likely N-dealkylation sites (N-methyl/N-ethyl adjacent to an activating group) is 1. The number of aromatic amines is 1. The molecule has 0 aliphatic carbocycles. The smallest absolute Gasteiger partial charge is 0.325 e. The lowest BCUT2D eigenvalue weighted by atomic mass is 9.84. The number of nitrogens with zero attached hydrogens (tertiary/aromatic N) is 3. The summed E-state index contributed by atoms with van der Waals surface area (Å²) < 4.78 is 5.64. The maximum absolute atomic E-state index is 13.4. The van der Waals surface area contributed by atoms with Gasteiger partial charge in [0.2, 0.25) is 5.91 Å². The summed E-state index contributed by atoms with van der Waals surface area (Å²) in [6, 6.07) is 13.4. The van der Waals surface area contributed by atoms with Crippen molar-refractivity contribution in [2.45, 2.75) is 25.4 Å². The van der Waals surface area contributed by atoms with E-state index in [1.165, 1.54) is 4.90 Å². The average molecular weight is 461 g/mol. The van der Waals surface area contributed by atoms with Crippen molar-refractivity contribution >= 4 is 28.7 Å². The van der Waals surface area contributed by atoms with Crippen LogP contribution in [0.1, 0.15) is 24.7 Å². The number of H-pyrrole nitrogens is 1. The summed E-state index contributed by atoms with van der Waals surface area (Å²) in [5, 5.41) is 3.25. The van der Waals surface area contributed by atoms with E-state index in [2.05, 4.69) is 15.3 Å². The molecule has 1 spiro atoms. The zero-order valence-corrected chi connectivity index (χ0v) is 18.5. The zero-order valence-electron chi connectivity index (χ0n) is 18.5. The van der Waals surface area contributed by atoms with Crippen LogP contribution in [0.4, 0.5) is 4.79 Å². The molecule has 4 amide bonds. The third-order valence-corrected chi connectivity index (χ3v) is 6.29. The minimum atomic E-state index is -1.24. The molecule has 3 heterocycles. The van der Waals surface area contributed by atoms with E-state index in [9.17, 15) is 19.2 Å². The highest BCUT2D eigenvalue weighted by Crippen LogP contribution is 2.40. The summed E-state index contributed by atoms with van der Waals surface area (Å²) in [5.74, 6) is -0.0443. The van der Waals surface area contributed by atoms with Crippen molar-refractivity contribution in [3.8, 4) is 5.75 Å².